The summed E-state index contributed by atoms with van der Waals surface area (Å²) in [6.07, 6.45) is 1.77. The summed E-state index contributed by atoms with van der Waals surface area (Å²) < 4.78 is 2.06. The fourth-order valence-electron chi connectivity index (χ4n) is 2.21. The van der Waals surface area contributed by atoms with Crippen LogP contribution in [-0.2, 0) is 18.5 Å². The van der Waals surface area contributed by atoms with Crippen molar-refractivity contribution in [3.8, 4) is 0 Å². The van der Waals surface area contributed by atoms with Crippen LogP contribution in [0, 0.1) is 0 Å². The van der Waals surface area contributed by atoms with Crippen LogP contribution in [0.1, 0.15) is 32.4 Å². The van der Waals surface area contributed by atoms with Gasteiger partial charge in [0, 0.05) is 24.6 Å². The average molecular weight is 273 g/mol. The van der Waals surface area contributed by atoms with Gasteiger partial charge in [0.25, 0.3) is 0 Å². The summed E-state index contributed by atoms with van der Waals surface area (Å²) in [6.45, 7) is 8.66. The van der Waals surface area contributed by atoms with Crippen molar-refractivity contribution >= 4 is 11.6 Å². The molecule has 0 atom stereocenters. The Morgan fingerprint density at radius 3 is 2.75 bits per heavy atom. The van der Waals surface area contributed by atoms with Crippen LogP contribution < -0.4 is 10.6 Å². The number of hydrogen-bond donors (Lipinski definition) is 1. The third kappa shape index (κ3) is 2.31. The molecule has 7 nitrogen and oxygen atoms in total. The standard InChI is InChI=1S/C13H19N7/c1-13(2,3)12-16-9(14)6-10(17-12)19-4-5-20-8-15-18-11(20)7-19/h6,8H,4-5,7H2,1-3H3,(H2,14,16,17). The first-order valence-corrected chi connectivity index (χ1v) is 6.70. The van der Waals surface area contributed by atoms with Gasteiger partial charge in [0.15, 0.2) is 5.82 Å². The van der Waals surface area contributed by atoms with E-state index in [0.717, 1.165) is 30.6 Å². The van der Waals surface area contributed by atoms with Crippen molar-refractivity contribution in [2.75, 3.05) is 17.2 Å². The van der Waals surface area contributed by atoms with E-state index in [2.05, 4.69) is 50.4 Å². The van der Waals surface area contributed by atoms with Crippen LogP contribution >= 0.6 is 0 Å². The lowest BCUT2D eigenvalue weighted by Gasteiger charge is -2.29. The third-order valence-electron chi connectivity index (χ3n) is 3.37. The molecule has 2 N–H and O–H groups in total. The van der Waals surface area contributed by atoms with Gasteiger partial charge in [-0.25, -0.2) is 9.97 Å². The molecule has 0 radical (unpaired) electrons. The molecule has 0 amide bonds. The van der Waals surface area contributed by atoms with Crippen molar-refractivity contribution in [2.45, 2.75) is 39.3 Å². The molecular weight excluding hydrogens is 254 g/mol. The van der Waals surface area contributed by atoms with Crippen LogP contribution in [0.5, 0.6) is 0 Å². The minimum atomic E-state index is -0.125. The zero-order valence-electron chi connectivity index (χ0n) is 12.0. The quantitative estimate of drug-likeness (QED) is 0.833. The number of rotatable bonds is 1. The molecule has 0 saturated carbocycles. The zero-order chi connectivity index (χ0) is 14.3. The second kappa shape index (κ2) is 4.43. The molecule has 1 aliphatic heterocycles. The maximum Gasteiger partial charge on any atom is 0.152 e. The molecule has 0 unspecified atom stereocenters. The lowest BCUT2D eigenvalue weighted by atomic mass is 9.96. The number of nitrogens with two attached hydrogens (primary N) is 1. The predicted molar refractivity (Wildman–Crippen MR) is 76.2 cm³/mol. The van der Waals surface area contributed by atoms with Gasteiger partial charge >= 0.3 is 0 Å². The molecule has 0 aliphatic carbocycles. The Morgan fingerprint density at radius 1 is 1.20 bits per heavy atom. The second-order valence-corrected chi connectivity index (χ2v) is 6.09. The van der Waals surface area contributed by atoms with Gasteiger partial charge in [0.1, 0.15) is 23.8 Å². The number of anilines is 2. The largest absolute Gasteiger partial charge is 0.384 e. The molecule has 0 spiro atoms. The minimum absolute atomic E-state index is 0.125. The van der Waals surface area contributed by atoms with Gasteiger partial charge in [-0.15, -0.1) is 10.2 Å². The number of nitrogen functional groups attached to an aromatic ring is 1. The molecule has 0 saturated heterocycles. The van der Waals surface area contributed by atoms with Gasteiger partial charge in [-0.3, -0.25) is 0 Å². The molecule has 0 bridgehead atoms. The van der Waals surface area contributed by atoms with Gasteiger partial charge in [0.2, 0.25) is 0 Å². The Kier molecular flexibility index (Phi) is 2.84. The number of nitrogens with zero attached hydrogens (tertiary/aromatic N) is 6. The summed E-state index contributed by atoms with van der Waals surface area (Å²) >= 11 is 0. The molecule has 2 aromatic rings. The molecule has 0 fully saturated rings. The molecule has 1 aliphatic rings. The molecular formula is C13H19N7. The minimum Gasteiger partial charge on any atom is -0.384 e. The third-order valence-corrected chi connectivity index (χ3v) is 3.37. The summed E-state index contributed by atoms with van der Waals surface area (Å²) in [5.41, 5.74) is 5.80. The fourth-order valence-corrected chi connectivity index (χ4v) is 2.21. The van der Waals surface area contributed by atoms with Crippen molar-refractivity contribution in [2.24, 2.45) is 0 Å². The van der Waals surface area contributed by atoms with Crippen LogP contribution in [0.25, 0.3) is 0 Å². The number of aromatic nitrogens is 5. The van der Waals surface area contributed by atoms with Gasteiger partial charge in [-0.1, -0.05) is 20.8 Å². The summed E-state index contributed by atoms with van der Waals surface area (Å²) in [7, 11) is 0. The number of hydrogen-bond acceptors (Lipinski definition) is 6. The second-order valence-electron chi connectivity index (χ2n) is 6.09. The Labute approximate surface area is 117 Å². The first-order chi connectivity index (χ1) is 9.43. The van der Waals surface area contributed by atoms with Crippen molar-refractivity contribution in [3.63, 3.8) is 0 Å². The predicted octanol–water partition coefficient (Wildman–Crippen LogP) is 0.968. The van der Waals surface area contributed by atoms with Gasteiger partial charge in [0.05, 0.1) is 6.54 Å². The van der Waals surface area contributed by atoms with Gasteiger partial charge in [-0.05, 0) is 0 Å². The monoisotopic (exact) mass is 273 g/mol. The molecule has 0 aromatic carbocycles. The highest BCUT2D eigenvalue weighted by Gasteiger charge is 2.23. The van der Waals surface area contributed by atoms with Crippen molar-refractivity contribution in [1.29, 1.82) is 0 Å². The lowest BCUT2D eigenvalue weighted by Crippen LogP contribution is -2.35. The van der Waals surface area contributed by atoms with E-state index in [4.69, 9.17) is 5.73 Å². The van der Waals surface area contributed by atoms with E-state index in [1.54, 1.807) is 6.33 Å². The van der Waals surface area contributed by atoms with E-state index in [1.807, 2.05) is 6.07 Å². The summed E-state index contributed by atoms with van der Waals surface area (Å²) in [6, 6.07) is 1.82. The Morgan fingerprint density at radius 2 is 2.00 bits per heavy atom. The molecule has 7 heteroatoms. The Bertz CT molecular complexity index is 626. The lowest BCUT2D eigenvalue weighted by molar-refractivity contribution is 0.532. The van der Waals surface area contributed by atoms with Crippen molar-refractivity contribution < 1.29 is 0 Å². The Balaban J connectivity index is 1.93. The molecule has 2 aromatic heterocycles. The summed E-state index contributed by atoms with van der Waals surface area (Å²) in [5.74, 6) is 3.08. The van der Waals surface area contributed by atoms with Crippen LogP contribution in [0.2, 0.25) is 0 Å². The highest BCUT2D eigenvalue weighted by atomic mass is 15.3. The highest BCUT2D eigenvalue weighted by molar-refractivity contribution is 5.48. The van der Waals surface area contributed by atoms with E-state index in [-0.39, 0.29) is 5.41 Å². The van der Waals surface area contributed by atoms with Gasteiger partial charge in [-0.2, -0.15) is 0 Å². The molecule has 3 heterocycles. The highest BCUT2D eigenvalue weighted by Crippen LogP contribution is 2.24. The summed E-state index contributed by atoms with van der Waals surface area (Å²) in [4.78, 5) is 11.2. The van der Waals surface area contributed by atoms with E-state index in [9.17, 15) is 0 Å². The molecule has 106 valence electrons. The van der Waals surface area contributed by atoms with Crippen molar-refractivity contribution in [3.05, 3.63) is 24.0 Å². The van der Waals surface area contributed by atoms with E-state index in [0.29, 0.717) is 12.4 Å². The first kappa shape index (κ1) is 12.8. The van der Waals surface area contributed by atoms with Crippen LogP contribution in [0.3, 0.4) is 0 Å². The van der Waals surface area contributed by atoms with Crippen LogP contribution in [0.15, 0.2) is 12.4 Å². The SMILES string of the molecule is CC(C)(C)c1nc(N)cc(N2CCn3cnnc3C2)n1. The van der Waals surface area contributed by atoms with Crippen LogP contribution in [0.4, 0.5) is 11.6 Å². The van der Waals surface area contributed by atoms with E-state index in [1.165, 1.54) is 0 Å². The maximum atomic E-state index is 5.93. The van der Waals surface area contributed by atoms with E-state index >= 15 is 0 Å². The van der Waals surface area contributed by atoms with E-state index < -0.39 is 0 Å². The van der Waals surface area contributed by atoms with Crippen LogP contribution in [-0.4, -0.2) is 31.3 Å². The normalized spacial score (nSPS) is 15.2. The average Bonchev–Trinajstić information content (AvgIpc) is 2.84. The smallest absolute Gasteiger partial charge is 0.152 e. The first-order valence-electron chi connectivity index (χ1n) is 6.70. The van der Waals surface area contributed by atoms with Gasteiger partial charge < -0.3 is 15.2 Å². The molecule has 20 heavy (non-hydrogen) atoms. The maximum absolute atomic E-state index is 5.93. The zero-order valence-corrected chi connectivity index (χ0v) is 12.0. The fraction of sp³-hybridized carbons (Fsp3) is 0.538. The van der Waals surface area contributed by atoms with Crippen molar-refractivity contribution in [1.82, 2.24) is 24.7 Å². The topological polar surface area (TPSA) is 85.8 Å². The number of fused-ring (bicyclic) bond motifs is 1. The Hall–Kier alpha value is -2.18. The summed E-state index contributed by atoms with van der Waals surface area (Å²) in [5, 5.41) is 8.06. The molecule has 3 rings (SSSR count).